The standard InChI is InChI=1S/C19H19N5O2S2/c1-11-5-3-4-6-15(11)22-18-23-24-19(28-18)27-12(2)17(26)21-14-9-7-13(8-10-14)16(20)25/h3-10,12H,1-2H3,(H2,20,25)(H,21,26)(H,22,23)/t12-/m0/s1. The highest BCUT2D eigenvalue weighted by Gasteiger charge is 2.17. The van der Waals surface area contributed by atoms with Gasteiger partial charge in [0.25, 0.3) is 0 Å². The second-order valence-corrected chi connectivity index (χ2v) is 8.57. The summed E-state index contributed by atoms with van der Waals surface area (Å²) in [5.41, 5.74) is 8.29. The van der Waals surface area contributed by atoms with Crippen molar-refractivity contribution in [3.8, 4) is 0 Å². The Labute approximate surface area is 170 Å². The molecule has 7 nitrogen and oxygen atoms in total. The number of hydrogen-bond acceptors (Lipinski definition) is 7. The van der Waals surface area contributed by atoms with E-state index >= 15 is 0 Å². The molecule has 0 radical (unpaired) electrons. The number of thioether (sulfide) groups is 1. The summed E-state index contributed by atoms with van der Waals surface area (Å²) in [6.45, 7) is 3.81. The van der Waals surface area contributed by atoms with E-state index < -0.39 is 5.91 Å². The maximum Gasteiger partial charge on any atom is 0.248 e. The minimum absolute atomic E-state index is 0.166. The Balaban J connectivity index is 1.57. The van der Waals surface area contributed by atoms with E-state index in [1.54, 1.807) is 31.2 Å². The fraction of sp³-hybridized carbons (Fsp3) is 0.158. The summed E-state index contributed by atoms with van der Waals surface area (Å²) in [6.07, 6.45) is 0. The number of primary amides is 1. The number of carbonyl (C=O) groups excluding carboxylic acids is 2. The smallest absolute Gasteiger partial charge is 0.248 e. The van der Waals surface area contributed by atoms with Gasteiger partial charge in [-0.15, -0.1) is 10.2 Å². The number of para-hydroxylation sites is 1. The lowest BCUT2D eigenvalue weighted by atomic mass is 10.2. The van der Waals surface area contributed by atoms with Crippen LogP contribution in [0.1, 0.15) is 22.8 Å². The summed E-state index contributed by atoms with van der Waals surface area (Å²) in [4.78, 5) is 23.5. The quantitative estimate of drug-likeness (QED) is 0.508. The molecular weight excluding hydrogens is 394 g/mol. The Morgan fingerprint density at radius 3 is 2.50 bits per heavy atom. The topological polar surface area (TPSA) is 110 Å². The van der Waals surface area contributed by atoms with Crippen LogP contribution in [0.4, 0.5) is 16.5 Å². The van der Waals surface area contributed by atoms with Crippen LogP contribution in [0.2, 0.25) is 0 Å². The summed E-state index contributed by atoms with van der Waals surface area (Å²) in [5, 5.41) is 14.6. The van der Waals surface area contributed by atoms with Gasteiger partial charge in [0.05, 0.1) is 5.25 Å². The first kappa shape index (κ1) is 19.8. The average Bonchev–Trinajstić information content (AvgIpc) is 3.11. The number of nitrogens with zero attached hydrogens (tertiary/aromatic N) is 2. The molecule has 28 heavy (non-hydrogen) atoms. The van der Waals surface area contributed by atoms with Crippen LogP contribution in [0.5, 0.6) is 0 Å². The Morgan fingerprint density at radius 1 is 1.11 bits per heavy atom. The molecule has 2 aromatic carbocycles. The molecule has 0 aliphatic rings. The fourth-order valence-electron chi connectivity index (χ4n) is 2.30. The van der Waals surface area contributed by atoms with Gasteiger partial charge >= 0.3 is 0 Å². The number of amides is 2. The van der Waals surface area contributed by atoms with E-state index in [0.717, 1.165) is 11.3 Å². The first-order valence-electron chi connectivity index (χ1n) is 8.46. The third kappa shape index (κ3) is 5.08. The molecule has 0 bridgehead atoms. The molecule has 0 saturated carbocycles. The highest BCUT2D eigenvalue weighted by atomic mass is 32.2. The third-order valence-corrected chi connectivity index (χ3v) is 5.90. The predicted octanol–water partition coefficient (Wildman–Crippen LogP) is 3.81. The lowest BCUT2D eigenvalue weighted by Gasteiger charge is -2.10. The van der Waals surface area contributed by atoms with Crippen molar-refractivity contribution in [3.63, 3.8) is 0 Å². The van der Waals surface area contributed by atoms with Crippen LogP contribution in [-0.4, -0.2) is 27.3 Å². The Bertz CT molecular complexity index is 988. The number of carbonyl (C=O) groups is 2. The molecule has 1 atom stereocenters. The number of benzene rings is 2. The van der Waals surface area contributed by atoms with Crippen molar-refractivity contribution in [1.82, 2.24) is 10.2 Å². The molecule has 1 aromatic heterocycles. The molecule has 3 aromatic rings. The summed E-state index contributed by atoms with van der Waals surface area (Å²) in [5.74, 6) is -0.673. The van der Waals surface area contributed by atoms with Crippen molar-refractivity contribution in [3.05, 3.63) is 59.7 Å². The molecule has 1 heterocycles. The Morgan fingerprint density at radius 2 is 1.82 bits per heavy atom. The number of rotatable bonds is 7. The van der Waals surface area contributed by atoms with E-state index in [1.165, 1.54) is 23.1 Å². The van der Waals surface area contributed by atoms with Gasteiger partial charge in [-0.05, 0) is 49.7 Å². The molecule has 0 aliphatic carbocycles. The van der Waals surface area contributed by atoms with Gasteiger partial charge in [0.2, 0.25) is 16.9 Å². The highest BCUT2D eigenvalue weighted by molar-refractivity contribution is 8.02. The molecule has 0 spiro atoms. The largest absolute Gasteiger partial charge is 0.366 e. The number of anilines is 3. The molecule has 4 N–H and O–H groups in total. The molecule has 0 unspecified atom stereocenters. The summed E-state index contributed by atoms with van der Waals surface area (Å²) >= 11 is 2.73. The molecule has 144 valence electrons. The van der Waals surface area contributed by atoms with Crippen molar-refractivity contribution >= 4 is 51.4 Å². The van der Waals surface area contributed by atoms with Crippen LogP contribution in [0.15, 0.2) is 52.9 Å². The van der Waals surface area contributed by atoms with Crippen molar-refractivity contribution < 1.29 is 9.59 Å². The molecule has 0 fully saturated rings. The Kier molecular flexibility index (Phi) is 6.27. The molecule has 9 heteroatoms. The lowest BCUT2D eigenvalue weighted by Crippen LogP contribution is -2.22. The van der Waals surface area contributed by atoms with Crippen molar-refractivity contribution in [2.75, 3.05) is 10.6 Å². The molecule has 0 saturated heterocycles. The van der Waals surface area contributed by atoms with Crippen LogP contribution in [-0.2, 0) is 4.79 Å². The van der Waals surface area contributed by atoms with Gasteiger partial charge in [-0.25, -0.2) is 0 Å². The molecular formula is C19H19N5O2S2. The van der Waals surface area contributed by atoms with Gasteiger partial charge in [-0.1, -0.05) is 41.3 Å². The van der Waals surface area contributed by atoms with Gasteiger partial charge < -0.3 is 16.4 Å². The number of aryl methyl sites for hydroxylation is 1. The second kappa shape index (κ2) is 8.85. The van der Waals surface area contributed by atoms with Crippen molar-refractivity contribution in [2.45, 2.75) is 23.4 Å². The second-order valence-electron chi connectivity index (χ2n) is 6.00. The lowest BCUT2D eigenvalue weighted by molar-refractivity contribution is -0.115. The number of nitrogens with one attached hydrogen (secondary N) is 2. The van der Waals surface area contributed by atoms with Gasteiger partial charge in [-0.3, -0.25) is 9.59 Å². The van der Waals surface area contributed by atoms with E-state index in [1.807, 2.05) is 31.2 Å². The predicted molar refractivity (Wildman–Crippen MR) is 113 cm³/mol. The normalized spacial score (nSPS) is 11.6. The molecule has 0 aliphatic heterocycles. The zero-order valence-corrected chi connectivity index (χ0v) is 16.9. The maximum atomic E-state index is 12.4. The van der Waals surface area contributed by atoms with Gasteiger partial charge in [-0.2, -0.15) is 0 Å². The van der Waals surface area contributed by atoms with E-state index in [9.17, 15) is 9.59 Å². The maximum absolute atomic E-state index is 12.4. The Hall–Kier alpha value is -2.91. The number of nitrogens with two attached hydrogens (primary N) is 1. The zero-order valence-electron chi connectivity index (χ0n) is 15.3. The summed E-state index contributed by atoms with van der Waals surface area (Å²) in [7, 11) is 0. The summed E-state index contributed by atoms with van der Waals surface area (Å²) < 4.78 is 0.697. The van der Waals surface area contributed by atoms with Crippen LogP contribution >= 0.6 is 23.1 Å². The third-order valence-electron chi connectivity index (χ3n) is 3.88. The van der Waals surface area contributed by atoms with E-state index in [4.69, 9.17) is 5.73 Å². The molecule has 2 amide bonds. The van der Waals surface area contributed by atoms with Crippen molar-refractivity contribution in [2.24, 2.45) is 5.73 Å². The zero-order chi connectivity index (χ0) is 20.1. The highest BCUT2D eigenvalue weighted by Crippen LogP contribution is 2.31. The van der Waals surface area contributed by atoms with E-state index in [0.29, 0.717) is 20.7 Å². The monoisotopic (exact) mass is 413 g/mol. The van der Waals surface area contributed by atoms with Crippen LogP contribution < -0.4 is 16.4 Å². The SMILES string of the molecule is Cc1ccccc1Nc1nnc(S[C@@H](C)C(=O)Nc2ccc(C(N)=O)cc2)s1. The minimum atomic E-state index is -0.506. The first-order chi connectivity index (χ1) is 13.4. The average molecular weight is 414 g/mol. The van der Waals surface area contributed by atoms with Gasteiger partial charge in [0, 0.05) is 16.9 Å². The van der Waals surface area contributed by atoms with E-state index in [2.05, 4.69) is 20.8 Å². The fourth-order valence-corrected chi connectivity index (χ4v) is 4.21. The van der Waals surface area contributed by atoms with Gasteiger partial charge in [0.15, 0.2) is 4.34 Å². The van der Waals surface area contributed by atoms with Crippen molar-refractivity contribution in [1.29, 1.82) is 0 Å². The molecule has 3 rings (SSSR count). The van der Waals surface area contributed by atoms with Crippen LogP contribution in [0, 0.1) is 6.92 Å². The van der Waals surface area contributed by atoms with E-state index in [-0.39, 0.29) is 11.2 Å². The minimum Gasteiger partial charge on any atom is -0.366 e. The van der Waals surface area contributed by atoms with Crippen LogP contribution in [0.3, 0.4) is 0 Å². The number of aromatic nitrogens is 2. The first-order valence-corrected chi connectivity index (χ1v) is 10.2. The van der Waals surface area contributed by atoms with Gasteiger partial charge in [0.1, 0.15) is 0 Å². The summed E-state index contributed by atoms with van der Waals surface area (Å²) in [6, 6.07) is 14.4. The van der Waals surface area contributed by atoms with Crippen LogP contribution in [0.25, 0.3) is 0 Å². The number of hydrogen-bond donors (Lipinski definition) is 3.